The summed E-state index contributed by atoms with van der Waals surface area (Å²) in [4.78, 5) is 28.5. The molecule has 1 saturated heterocycles. The zero-order valence-electron chi connectivity index (χ0n) is 18.4. The fraction of sp³-hybridized carbons (Fsp3) is 0.417. The van der Waals surface area contributed by atoms with E-state index in [1.54, 1.807) is 31.3 Å². The van der Waals surface area contributed by atoms with Crippen molar-refractivity contribution in [2.75, 3.05) is 38.7 Å². The molecule has 1 unspecified atom stereocenters. The Hall–Kier alpha value is -2.35. The average molecular weight is 495 g/mol. The van der Waals surface area contributed by atoms with Crippen LogP contribution >= 0.6 is 23.2 Å². The van der Waals surface area contributed by atoms with Crippen molar-refractivity contribution in [3.63, 3.8) is 0 Å². The number of hydrogen-bond acceptors (Lipinski definition) is 5. The van der Waals surface area contributed by atoms with E-state index in [1.165, 1.54) is 24.1 Å². The molecular formula is C24H25Cl2FN2O4. The third-order valence-electron chi connectivity index (χ3n) is 6.60. The fourth-order valence-electron chi connectivity index (χ4n) is 4.67. The summed E-state index contributed by atoms with van der Waals surface area (Å²) < 4.78 is 24.9. The third-order valence-corrected chi connectivity index (χ3v) is 7.34. The number of methoxy groups -OCH3 is 1. The molecule has 0 radical (unpaired) electrons. The molecule has 2 heterocycles. The largest absolute Gasteiger partial charge is 0.469 e. The van der Waals surface area contributed by atoms with Crippen molar-refractivity contribution in [2.24, 2.45) is 0 Å². The van der Waals surface area contributed by atoms with Gasteiger partial charge in [0.25, 0.3) is 0 Å². The van der Waals surface area contributed by atoms with E-state index in [-0.39, 0.29) is 11.8 Å². The van der Waals surface area contributed by atoms with Gasteiger partial charge >= 0.3 is 12.1 Å². The number of fused-ring (bicyclic) bond motifs is 2. The molecule has 2 aliphatic rings. The monoisotopic (exact) mass is 494 g/mol. The Morgan fingerprint density at radius 1 is 1.18 bits per heavy atom. The summed E-state index contributed by atoms with van der Waals surface area (Å²) >= 11 is 12.2. The first-order valence-corrected chi connectivity index (χ1v) is 11.5. The summed E-state index contributed by atoms with van der Waals surface area (Å²) in [5, 5.41) is 0.813. The summed E-state index contributed by atoms with van der Waals surface area (Å²) in [5.41, 5.74) is 1.28. The topological polar surface area (TPSA) is 59.1 Å². The quantitative estimate of drug-likeness (QED) is 0.523. The van der Waals surface area contributed by atoms with Crippen molar-refractivity contribution in [2.45, 2.75) is 30.8 Å². The minimum absolute atomic E-state index is 0.337. The normalized spacial score (nSPS) is 18.6. The van der Waals surface area contributed by atoms with E-state index in [1.807, 2.05) is 0 Å². The number of halogens is 3. The van der Waals surface area contributed by atoms with Gasteiger partial charge in [-0.1, -0.05) is 29.3 Å². The number of esters is 1. The highest BCUT2D eigenvalue weighted by Gasteiger charge is 2.46. The van der Waals surface area contributed by atoms with Gasteiger partial charge in [-0.15, -0.1) is 0 Å². The summed E-state index contributed by atoms with van der Waals surface area (Å²) in [6.07, 6.45) is 1.18. The van der Waals surface area contributed by atoms with E-state index in [9.17, 15) is 14.0 Å². The van der Waals surface area contributed by atoms with E-state index >= 15 is 0 Å². The van der Waals surface area contributed by atoms with Gasteiger partial charge in [0.15, 0.2) is 0 Å². The van der Waals surface area contributed by atoms with Crippen LogP contribution in [0, 0.1) is 5.82 Å². The Balaban J connectivity index is 1.46. The molecule has 176 valence electrons. The molecule has 0 aliphatic carbocycles. The first-order valence-electron chi connectivity index (χ1n) is 10.8. The molecule has 1 atom stereocenters. The molecule has 2 aromatic rings. The van der Waals surface area contributed by atoms with Crippen molar-refractivity contribution < 1.29 is 23.5 Å². The lowest BCUT2D eigenvalue weighted by Crippen LogP contribution is -2.50. The second kappa shape index (κ2) is 9.49. The van der Waals surface area contributed by atoms with Crippen LogP contribution in [0.15, 0.2) is 36.4 Å². The molecule has 0 bridgehead atoms. The predicted octanol–water partition coefficient (Wildman–Crippen LogP) is 5.36. The number of rotatable bonds is 5. The van der Waals surface area contributed by atoms with Gasteiger partial charge in [0.05, 0.1) is 28.8 Å². The summed E-state index contributed by atoms with van der Waals surface area (Å²) in [7, 11) is 2.99. The number of nitrogens with zero attached hydrogens (tertiary/aromatic N) is 2. The second-order valence-electron chi connectivity index (χ2n) is 8.46. The van der Waals surface area contributed by atoms with Crippen molar-refractivity contribution in [1.82, 2.24) is 4.90 Å². The van der Waals surface area contributed by atoms with Gasteiger partial charge in [-0.25, -0.2) is 9.18 Å². The summed E-state index contributed by atoms with van der Waals surface area (Å²) in [5.74, 6) is -1.17. The van der Waals surface area contributed by atoms with Crippen LogP contribution in [0.2, 0.25) is 10.0 Å². The van der Waals surface area contributed by atoms with E-state index in [0.717, 1.165) is 5.56 Å². The highest BCUT2D eigenvalue weighted by atomic mass is 35.5. The zero-order valence-corrected chi connectivity index (χ0v) is 20.0. The Morgan fingerprint density at radius 2 is 1.91 bits per heavy atom. The fourth-order valence-corrected chi connectivity index (χ4v) is 4.97. The molecule has 1 amide bonds. The summed E-state index contributed by atoms with van der Waals surface area (Å²) in [6, 6.07) is 9.59. The number of carbonyl (C=O) groups is 2. The molecule has 1 spiro atoms. The highest BCUT2D eigenvalue weighted by Crippen LogP contribution is 2.45. The Kier molecular flexibility index (Phi) is 6.84. The predicted molar refractivity (Wildman–Crippen MR) is 124 cm³/mol. The lowest BCUT2D eigenvalue weighted by molar-refractivity contribution is -0.142. The lowest BCUT2D eigenvalue weighted by Gasteiger charge is -2.46. The first-order chi connectivity index (χ1) is 15.7. The van der Waals surface area contributed by atoms with Crippen molar-refractivity contribution >= 4 is 41.0 Å². The Labute approximate surface area is 202 Å². The van der Waals surface area contributed by atoms with Gasteiger partial charge in [-0.2, -0.15) is 0 Å². The molecule has 0 saturated carbocycles. The third kappa shape index (κ3) is 4.67. The zero-order chi connectivity index (χ0) is 23.8. The van der Waals surface area contributed by atoms with Crippen LogP contribution in [-0.2, 0) is 19.9 Å². The number of benzene rings is 2. The van der Waals surface area contributed by atoms with Crippen molar-refractivity contribution in [3.8, 4) is 0 Å². The first kappa shape index (κ1) is 23.8. The van der Waals surface area contributed by atoms with E-state index in [2.05, 4.69) is 4.90 Å². The van der Waals surface area contributed by atoms with Crippen LogP contribution in [0.5, 0.6) is 0 Å². The molecule has 0 aromatic heterocycles. The molecule has 0 N–H and O–H groups in total. The number of carbonyl (C=O) groups excluding carboxylic acids is 2. The van der Waals surface area contributed by atoms with Gasteiger partial charge in [-0.3, -0.25) is 9.69 Å². The maximum atomic E-state index is 14.0. The maximum Gasteiger partial charge on any atom is 0.414 e. The molecular weight excluding hydrogens is 470 g/mol. The van der Waals surface area contributed by atoms with Gasteiger partial charge in [0.1, 0.15) is 11.4 Å². The van der Waals surface area contributed by atoms with Crippen LogP contribution in [0.1, 0.15) is 36.3 Å². The Bertz CT molecular complexity index is 1070. The number of piperidine rings is 1. The molecule has 9 heteroatoms. The van der Waals surface area contributed by atoms with E-state index < -0.39 is 17.6 Å². The Morgan fingerprint density at radius 3 is 2.58 bits per heavy atom. The van der Waals surface area contributed by atoms with Gasteiger partial charge in [0, 0.05) is 38.5 Å². The van der Waals surface area contributed by atoms with Crippen LogP contribution in [0.25, 0.3) is 0 Å². The van der Waals surface area contributed by atoms with Crippen LogP contribution in [-0.4, -0.2) is 50.8 Å². The smallest absolute Gasteiger partial charge is 0.414 e. The number of anilines is 1. The molecule has 2 aromatic carbocycles. The standard InChI is InChI=1S/C24H25Cl2FN2O4/c1-28-21-6-4-16(27)14-18(21)24(33-23(28)31)8-11-29(12-9-24)10-7-17(22(30)32-2)15-3-5-19(25)20(26)13-15/h3-6,13-14,17H,7-12H2,1-2H3. The molecule has 4 rings (SSSR count). The number of amides is 1. The number of ether oxygens (including phenoxy) is 2. The van der Waals surface area contributed by atoms with Crippen LogP contribution in [0.3, 0.4) is 0 Å². The highest BCUT2D eigenvalue weighted by molar-refractivity contribution is 6.42. The number of hydrogen-bond donors (Lipinski definition) is 0. The van der Waals surface area contributed by atoms with E-state index in [0.29, 0.717) is 60.2 Å². The van der Waals surface area contributed by atoms with E-state index in [4.69, 9.17) is 32.7 Å². The van der Waals surface area contributed by atoms with Crippen LogP contribution < -0.4 is 4.90 Å². The minimum Gasteiger partial charge on any atom is -0.469 e. The molecule has 6 nitrogen and oxygen atoms in total. The summed E-state index contributed by atoms with van der Waals surface area (Å²) in [6.45, 7) is 1.92. The maximum absolute atomic E-state index is 14.0. The van der Waals surface area contributed by atoms with Crippen LogP contribution in [0.4, 0.5) is 14.9 Å². The minimum atomic E-state index is -0.844. The van der Waals surface area contributed by atoms with Gasteiger partial charge in [-0.05, 0) is 48.9 Å². The van der Waals surface area contributed by atoms with Gasteiger partial charge < -0.3 is 14.4 Å². The average Bonchev–Trinajstić information content (AvgIpc) is 2.81. The molecule has 2 aliphatic heterocycles. The van der Waals surface area contributed by atoms with Crippen molar-refractivity contribution in [3.05, 3.63) is 63.4 Å². The van der Waals surface area contributed by atoms with Crippen molar-refractivity contribution in [1.29, 1.82) is 0 Å². The molecule has 33 heavy (non-hydrogen) atoms. The number of likely N-dealkylation sites (tertiary alicyclic amines) is 1. The van der Waals surface area contributed by atoms with Gasteiger partial charge in [0.2, 0.25) is 0 Å². The second-order valence-corrected chi connectivity index (χ2v) is 9.28. The molecule has 1 fully saturated rings. The SMILES string of the molecule is COC(=O)C(CCN1CCC2(CC1)OC(=O)N(C)c1ccc(F)cc12)c1ccc(Cl)c(Cl)c1. The lowest BCUT2D eigenvalue weighted by atomic mass is 9.81.